The summed E-state index contributed by atoms with van der Waals surface area (Å²) in [6.45, 7) is 6.98. The average Bonchev–Trinajstić information content (AvgIpc) is 2.64. The van der Waals surface area contributed by atoms with Crippen molar-refractivity contribution in [1.82, 2.24) is 4.90 Å². The molecule has 0 unspecified atom stereocenters. The van der Waals surface area contributed by atoms with E-state index in [1.165, 1.54) is 5.56 Å². The first-order valence-corrected chi connectivity index (χ1v) is 7.04. The number of β-amino-alcohol motifs (C(OH)–C–C–N with tert-alkyl or cyclic N) is 1. The number of likely N-dealkylation sites (tertiary alicyclic amines) is 1. The fourth-order valence-corrected chi connectivity index (χ4v) is 2.57. The normalized spacial score (nSPS) is 26.7. The molecule has 0 saturated carbocycles. The summed E-state index contributed by atoms with van der Waals surface area (Å²) < 4.78 is 0. The van der Waals surface area contributed by atoms with Crippen LogP contribution < -0.4 is 0 Å². The van der Waals surface area contributed by atoms with Gasteiger partial charge >= 0.3 is 0 Å². The van der Waals surface area contributed by atoms with E-state index in [2.05, 4.69) is 6.92 Å². The molecule has 2 rings (SSSR count). The molecular weight excluding hydrogens is 238 g/mol. The molecule has 104 valence electrons. The van der Waals surface area contributed by atoms with Gasteiger partial charge in [0.1, 0.15) is 0 Å². The maximum absolute atomic E-state index is 12.4. The van der Waals surface area contributed by atoms with Crippen LogP contribution in [0.5, 0.6) is 0 Å². The van der Waals surface area contributed by atoms with E-state index in [1.54, 1.807) is 11.8 Å². The molecule has 1 aromatic carbocycles. The molecule has 3 nitrogen and oxygen atoms in total. The van der Waals surface area contributed by atoms with Gasteiger partial charge in [-0.25, -0.2) is 0 Å². The summed E-state index contributed by atoms with van der Waals surface area (Å²) in [7, 11) is 0. The monoisotopic (exact) mass is 261 g/mol. The Morgan fingerprint density at radius 1 is 1.42 bits per heavy atom. The van der Waals surface area contributed by atoms with Gasteiger partial charge in [-0.2, -0.15) is 0 Å². The second-order valence-electron chi connectivity index (χ2n) is 5.89. The highest BCUT2D eigenvalue weighted by Crippen LogP contribution is 2.27. The maximum atomic E-state index is 12.4. The van der Waals surface area contributed by atoms with Crippen LogP contribution in [0.3, 0.4) is 0 Å². The van der Waals surface area contributed by atoms with E-state index >= 15 is 0 Å². The minimum atomic E-state index is -0.766. The van der Waals surface area contributed by atoms with Crippen LogP contribution in [0.1, 0.15) is 43.1 Å². The number of hydrogen-bond acceptors (Lipinski definition) is 2. The molecule has 1 amide bonds. The molecule has 0 bridgehead atoms. The summed E-state index contributed by atoms with van der Waals surface area (Å²) in [4.78, 5) is 14.1. The molecular formula is C16H23NO2. The van der Waals surface area contributed by atoms with Crippen molar-refractivity contribution in [2.75, 3.05) is 13.1 Å². The molecule has 0 spiro atoms. The van der Waals surface area contributed by atoms with Crippen molar-refractivity contribution >= 4 is 5.91 Å². The zero-order valence-electron chi connectivity index (χ0n) is 12.0. The number of aliphatic hydroxyl groups is 1. The highest BCUT2D eigenvalue weighted by Gasteiger charge is 2.40. The summed E-state index contributed by atoms with van der Waals surface area (Å²) in [6, 6.07) is 7.83. The van der Waals surface area contributed by atoms with Crippen molar-refractivity contribution < 1.29 is 9.90 Å². The van der Waals surface area contributed by atoms with Gasteiger partial charge in [0, 0.05) is 24.6 Å². The van der Waals surface area contributed by atoms with Gasteiger partial charge in [-0.05, 0) is 31.0 Å². The fourth-order valence-electron chi connectivity index (χ4n) is 2.57. The standard InChI is InChI=1S/C16H23NO2/c1-4-5-13-6-8-14(9-7-13)15(18)17-10-12(2)16(3,19)11-17/h6-9,12,19H,4-5,10-11H2,1-3H3/t12-,16+/m1/s1. The van der Waals surface area contributed by atoms with E-state index in [4.69, 9.17) is 0 Å². The highest BCUT2D eigenvalue weighted by atomic mass is 16.3. The number of nitrogens with zero attached hydrogens (tertiary/aromatic N) is 1. The van der Waals surface area contributed by atoms with E-state index in [0.717, 1.165) is 12.8 Å². The Hall–Kier alpha value is -1.35. The third-order valence-electron chi connectivity index (χ3n) is 4.09. The number of aryl methyl sites for hydroxylation is 1. The average molecular weight is 261 g/mol. The van der Waals surface area contributed by atoms with Gasteiger partial charge in [-0.15, -0.1) is 0 Å². The van der Waals surface area contributed by atoms with Gasteiger partial charge in [-0.3, -0.25) is 4.79 Å². The first kappa shape index (κ1) is 14.1. The van der Waals surface area contributed by atoms with E-state index in [0.29, 0.717) is 18.7 Å². The molecule has 1 aromatic rings. The number of carbonyl (C=O) groups excluding carboxylic acids is 1. The van der Waals surface area contributed by atoms with Crippen molar-refractivity contribution in [2.24, 2.45) is 5.92 Å². The lowest BCUT2D eigenvalue weighted by Crippen LogP contribution is -2.35. The third kappa shape index (κ3) is 2.98. The van der Waals surface area contributed by atoms with Crippen LogP contribution in [-0.4, -0.2) is 34.6 Å². The molecule has 1 fully saturated rings. The second kappa shape index (κ2) is 5.33. The van der Waals surface area contributed by atoms with Gasteiger partial charge in [0.15, 0.2) is 0 Å². The van der Waals surface area contributed by atoms with E-state index in [1.807, 2.05) is 31.2 Å². The van der Waals surface area contributed by atoms with E-state index in [-0.39, 0.29) is 11.8 Å². The highest BCUT2D eigenvalue weighted by molar-refractivity contribution is 5.94. The number of benzene rings is 1. The molecule has 1 N–H and O–H groups in total. The number of hydrogen-bond donors (Lipinski definition) is 1. The Morgan fingerprint density at radius 3 is 2.53 bits per heavy atom. The quantitative estimate of drug-likeness (QED) is 0.908. The SMILES string of the molecule is CCCc1ccc(C(=O)N2C[C@@H](C)[C@@](C)(O)C2)cc1. The first-order valence-electron chi connectivity index (χ1n) is 7.04. The number of carbonyl (C=O) groups is 1. The third-order valence-corrected chi connectivity index (χ3v) is 4.09. The predicted molar refractivity (Wildman–Crippen MR) is 76.1 cm³/mol. The number of rotatable bonds is 3. The molecule has 3 heteroatoms. The van der Waals surface area contributed by atoms with Crippen LogP contribution in [0, 0.1) is 5.92 Å². The zero-order chi connectivity index (χ0) is 14.0. The Bertz CT molecular complexity index is 450. The van der Waals surface area contributed by atoms with Crippen LogP contribution in [0.25, 0.3) is 0 Å². The van der Waals surface area contributed by atoms with Crippen molar-refractivity contribution in [1.29, 1.82) is 0 Å². The molecule has 1 aliphatic heterocycles. The van der Waals surface area contributed by atoms with Crippen LogP contribution in [0.15, 0.2) is 24.3 Å². The lowest BCUT2D eigenvalue weighted by Gasteiger charge is -2.20. The summed E-state index contributed by atoms with van der Waals surface area (Å²) >= 11 is 0. The van der Waals surface area contributed by atoms with Crippen molar-refractivity contribution in [2.45, 2.75) is 39.2 Å². The first-order chi connectivity index (χ1) is 8.94. The van der Waals surface area contributed by atoms with E-state index < -0.39 is 5.60 Å². The van der Waals surface area contributed by atoms with Crippen molar-refractivity contribution in [3.8, 4) is 0 Å². The Morgan fingerprint density at radius 2 is 2.05 bits per heavy atom. The second-order valence-corrected chi connectivity index (χ2v) is 5.89. The maximum Gasteiger partial charge on any atom is 0.253 e. The van der Waals surface area contributed by atoms with Crippen molar-refractivity contribution in [3.05, 3.63) is 35.4 Å². The molecule has 1 heterocycles. The molecule has 0 radical (unpaired) electrons. The fraction of sp³-hybridized carbons (Fsp3) is 0.562. The Balaban J connectivity index is 2.08. The predicted octanol–water partition coefficient (Wildman–Crippen LogP) is 2.48. The largest absolute Gasteiger partial charge is 0.388 e. The van der Waals surface area contributed by atoms with Gasteiger partial charge in [0.25, 0.3) is 5.91 Å². The summed E-state index contributed by atoms with van der Waals surface area (Å²) in [5, 5.41) is 10.1. The topological polar surface area (TPSA) is 40.5 Å². The van der Waals surface area contributed by atoms with Crippen LogP contribution in [-0.2, 0) is 6.42 Å². The van der Waals surface area contributed by atoms with Gasteiger partial charge in [0.05, 0.1) is 5.60 Å². The van der Waals surface area contributed by atoms with Gasteiger partial charge in [-0.1, -0.05) is 32.4 Å². The van der Waals surface area contributed by atoms with Crippen LogP contribution in [0.4, 0.5) is 0 Å². The molecule has 1 saturated heterocycles. The van der Waals surface area contributed by atoms with E-state index in [9.17, 15) is 9.90 Å². The molecule has 0 aliphatic carbocycles. The number of amides is 1. The van der Waals surface area contributed by atoms with Gasteiger partial charge < -0.3 is 10.0 Å². The van der Waals surface area contributed by atoms with Crippen molar-refractivity contribution in [3.63, 3.8) is 0 Å². The summed E-state index contributed by atoms with van der Waals surface area (Å²) in [6.07, 6.45) is 2.16. The minimum absolute atomic E-state index is 0.0210. The molecule has 1 aliphatic rings. The minimum Gasteiger partial charge on any atom is -0.388 e. The summed E-state index contributed by atoms with van der Waals surface area (Å²) in [5.41, 5.74) is 1.21. The smallest absolute Gasteiger partial charge is 0.253 e. The molecule has 0 aromatic heterocycles. The summed E-state index contributed by atoms with van der Waals surface area (Å²) in [5.74, 6) is 0.142. The lowest BCUT2D eigenvalue weighted by molar-refractivity contribution is 0.0351. The Labute approximate surface area is 115 Å². The Kier molecular flexibility index (Phi) is 3.95. The molecule has 19 heavy (non-hydrogen) atoms. The molecule has 2 atom stereocenters. The lowest BCUT2D eigenvalue weighted by atomic mass is 9.95. The zero-order valence-corrected chi connectivity index (χ0v) is 12.0. The van der Waals surface area contributed by atoms with Gasteiger partial charge in [0.2, 0.25) is 0 Å². The van der Waals surface area contributed by atoms with Crippen LogP contribution >= 0.6 is 0 Å². The van der Waals surface area contributed by atoms with Crippen LogP contribution in [0.2, 0.25) is 0 Å².